The Morgan fingerprint density at radius 2 is 2.11 bits per heavy atom. The van der Waals surface area contributed by atoms with E-state index >= 15 is 0 Å². The molecule has 1 aliphatic heterocycles. The SMILES string of the molecule is Cc1c(C(=O)N2CCC[C@H](c3nnc(-c4ccsc4)o3)C2)oc2ccccc12. The first-order valence-electron chi connectivity index (χ1n) is 9.34. The van der Waals surface area contributed by atoms with Crippen LogP contribution >= 0.6 is 11.3 Å². The van der Waals surface area contributed by atoms with Crippen molar-refractivity contribution < 1.29 is 13.6 Å². The molecule has 0 aliphatic carbocycles. The Kier molecular flexibility index (Phi) is 4.24. The van der Waals surface area contributed by atoms with Crippen molar-refractivity contribution in [3.63, 3.8) is 0 Å². The number of aromatic nitrogens is 2. The van der Waals surface area contributed by atoms with Crippen molar-refractivity contribution in [2.24, 2.45) is 0 Å². The lowest BCUT2D eigenvalue weighted by Gasteiger charge is -2.30. The highest BCUT2D eigenvalue weighted by molar-refractivity contribution is 7.08. The summed E-state index contributed by atoms with van der Waals surface area (Å²) in [5.41, 5.74) is 2.57. The second kappa shape index (κ2) is 6.91. The number of rotatable bonds is 3. The topological polar surface area (TPSA) is 72.4 Å². The minimum absolute atomic E-state index is 0.0438. The van der Waals surface area contributed by atoms with Crippen LogP contribution in [0.5, 0.6) is 0 Å². The van der Waals surface area contributed by atoms with Gasteiger partial charge in [-0.15, -0.1) is 10.2 Å². The van der Waals surface area contributed by atoms with Crippen LogP contribution in [0, 0.1) is 6.92 Å². The summed E-state index contributed by atoms with van der Waals surface area (Å²) in [6, 6.07) is 9.70. The molecule has 7 heteroatoms. The molecule has 1 fully saturated rings. The van der Waals surface area contributed by atoms with E-state index in [2.05, 4.69) is 10.2 Å². The first-order valence-corrected chi connectivity index (χ1v) is 10.3. The molecule has 0 spiro atoms. The molecular weight excluding hydrogens is 374 g/mol. The van der Waals surface area contributed by atoms with Gasteiger partial charge in [-0.1, -0.05) is 18.2 Å². The van der Waals surface area contributed by atoms with Gasteiger partial charge in [0.05, 0.1) is 5.92 Å². The lowest BCUT2D eigenvalue weighted by Crippen LogP contribution is -2.39. The second-order valence-electron chi connectivity index (χ2n) is 7.10. The van der Waals surface area contributed by atoms with Crippen LogP contribution in [-0.2, 0) is 0 Å². The minimum Gasteiger partial charge on any atom is -0.451 e. The third kappa shape index (κ3) is 2.92. The van der Waals surface area contributed by atoms with Crippen LogP contribution in [0.15, 0.2) is 49.9 Å². The molecule has 1 amide bonds. The van der Waals surface area contributed by atoms with Gasteiger partial charge in [-0.2, -0.15) is 11.3 Å². The number of furan rings is 1. The number of nitrogens with zero attached hydrogens (tertiary/aromatic N) is 3. The Labute approximate surface area is 165 Å². The third-order valence-electron chi connectivity index (χ3n) is 5.30. The zero-order chi connectivity index (χ0) is 19.1. The molecule has 0 unspecified atom stereocenters. The van der Waals surface area contributed by atoms with Crippen LogP contribution in [0.25, 0.3) is 22.4 Å². The number of thiophene rings is 1. The van der Waals surface area contributed by atoms with Crippen LogP contribution in [0.4, 0.5) is 0 Å². The van der Waals surface area contributed by atoms with Gasteiger partial charge in [-0.3, -0.25) is 4.79 Å². The van der Waals surface area contributed by atoms with E-state index in [1.165, 1.54) is 0 Å². The van der Waals surface area contributed by atoms with E-state index in [0.29, 0.717) is 30.6 Å². The second-order valence-corrected chi connectivity index (χ2v) is 7.88. The Morgan fingerprint density at radius 1 is 1.21 bits per heavy atom. The molecule has 1 atom stereocenters. The van der Waals surface area contributed by atoms with Gasteiger partial charge in [0, 0.05) is 35.0 Å². The van der Waals surface area contributed by atoms with E-state index in [9.17, 15) is 4.79 Å². The molecule has 4 aromatic rings. The average Bonchev–Trinajstić information content (AvgIpc) is 3.48. The lowest BCUT2D eigenvalue weighted by atomic mass is 9.97. The number of amides is 1. The highest BCUT2D eigenvalue weighted by Gasteiger charge is 2.31. The Morgan fingerprint density at radius 3 is 2.93 bits per heavy atom. The lowest BCUT2D eigenvalue weighted by molar-refractivity contribution is 0.0667. The van der Waals surface area contributed by atoms with E-state index in [0.717, 1.165) is 34.9 Å². The summed E-state index contributed by atoms with van der Waals surface area (Å²) >= 11 is 1.59. The van der Waals surface area contributed by atoms with Gasteiger partial charge in [-0.05, 0) is 37.3 Å². The Hall–Kier alpha value is -2.93. The Bertz CT molecular complexity index is 1130. The van der Waals surface area contributed by atoms with Crippen molar-refractivity contribution >= 4 is 28.2 Å². The molecule has 0 bridgehead atoms. The zero-order valence-electron chi connectivity index (χ0n) is 15.4. The molecule has 1 aliphatic rings. The third-order valence-corrected chi connectivity index (χ3v) is 5.99. The largest absolute Gasteiger partial charge is 0.451 e. The van der Waals surface area contributed by atoms with Gasteiger partial charge in [0.15, 0.2) is 5.76 Å². The summed E-state index contributed by atoms with van der Waals surface area (Å²) in [7, 11) is 0. The first kappa shape index (κ1) is 17.2. The molecule has 5 rings (SSSR count). The molecule has 0 N–H and O–H groups in total. The predicted octanol–water partition coefficient (Wildman–Crippen LogP) is 4.87. The van der Waals surface area contributed by atoms with E-state index < -0.39 is 0 Å². The molecule has 4 heterocycles. The van der Waals surface area contributed by atoms with E-state index in [4.69, 9.17) is 8.83 Å². The summed E-state index contributed by atoms with van der Waals surface area (Å²) in [4.78, 5) is 15.0. The fourth-order valence-electron chi connectivity index (χ4n) is 3.79. The van der Waals surface area contributed by atoms with Crippen molar-refractivity contribution in [2.75, 3.05) is 13.1 Å². The molecule has 3 aromatic heterocycles. The monoisotopic (exact) mass is 393 g/mol. The number of fused-ring (bicyclic) bond motifs is 1. The van der Waals surface area contributed by atoms with Crippen molar-refractivity contribution in [1.82, 2.24) is 15.1 Å². The molecule has 0 radical (unpaired) electrons. The molecule has 0 saturated carbocycles. The number of hydrogen-bond acceptors (Lipinski definition) is 6. The van der Waals surface area contributed by atoms with Crippen LogP contribution < -0.4 is 0 Å². The molecular formula is C21H19N3O3S. The van der Waals surface area contributed by atoms with Gasteiger partial charge in [-0.25, -0.2) is 0 Å². The zero-order valence-corrected chi connectivity index (χ0v) is 16.2. The highest BCUT2D eigenvalue weighted by atomic mass is 32.1. The summed E-state index contributed by atoms with van der Waals surface area (Å²) < 4.78 is 11.8. The van der Waals surface area contributed by atoms with Crippen LogP contribution in [0.3, 0.4) is 0 Å². The standard InChI is InChI=1S/C21H19N3O3S/c1-13-16-6-2-3-7-17(16)26-18(13)21(25)24-9-4-5-14(11-24)19-22-23-20(27-19)15-8-10-28-12-15/h2-3,6-8,10,12,14H,4-5,9,11H2,1H3/t14-/m0/s1. The van der Waals surface area contributed by atoms with E-state index in [1.54, 1.807) is 11.3 Å². The summed E-state index contributed by atoms with van der Waals surface area (Å²) in [5.74, 6) is 1.53. The number of hydrogen-bond donors (Lipinski definition) is 0. The summed E-state index contributed by atoms with van der Waals surface area (Å²) in [6.45, 7) is 3.20. The van der Waals surface area contributed by atoms with Crippen molar-refractivity contribution in [3.05, 3.63) is 58.3 Å². The van der Waals surface area contributed by atoms with Crippen molar-refractivity contribution in [3.8, 4) is 11.5 Å². The van der Waals surface area contributed by atoms with Crippen molar-refractivity contribution in [1.29, 1.82) is 0 Å². The van der Waals surface area contributed by atoms with E-state index in [-0.39, 0.29) is 11.8 Å². The average molecular weight is 393 g/mol. The molecule has 1 aromatic carbocycles. The first-order chi connectivity index (χ1) is 13.7. The van der Waals surface area contributed by atoms with Gasteiger partial charge in [0.1, 0.15) is 5.58 Å². The van der Waals surface area contributed by atoms with Gasteiger partial charge >= 0.3 is 0 Å². The quantitative estimate of drug-likeness (QED) is 0.496. The van der Waals surface area contributed by atoms with Crippen LogP contribution in [0.1, 0.15) is 40.8 Å². The fourth-order valence-corrected chi connectivity index (χ4v) is 4.42. The number of piperidine rings is 1. The number of carbonyl (C=O) groups is 1. The number of para-hydroxylation sites is 1. The maximum atomic E-state index is 13.1. The van der Waals surface area contributed by atoms with Gasteiger partial charge < -0.3 is 13.7 Å². The van der Waals surface area contributed by atoms with Crippen LogP contribution in [0.2, 0.25) is 0 Å². The Balaban J connectivity index is 1.38. The van der Waals surface area contributed by atoms with Crippen molar-refractivity contribution in [2.45, 2.75) is 25.7 Å². The predicted molar refractivity (Wildman–Crippen MR) is 106 cm³/mol. The fraction of sp³-hybridized carbons (Fsp3) is 0.286. The number of carbonyl (C=O) groups excluding carboxylic acids is 1. The van der Waals surface area contributed by atoms with Crippen LogP contribution in [-0.4, -0.2) is 34.1 Å². The molecule has 6 nitrogen and oxygen atoms in total. The molecule has 28 heavy (non-hydrogen) atoms. The summed E-state index contributed by atoms with van der Waals surface area (Å²) in [5, 5.41) is 13.4. The summed E-state index contributed by atoms with van der Waals surface area (Å²) in [6.07, 6.45) is 1.82. The number of likely N-dealkylation sites (tertiary alicyclic amines) is 1. The molecule has 142 valence electrons. The maximum Gasteiger partial charge on any atom is 0.289 e. The van der Waals surface area contributed by atoms with E-state index in [1.807, 2.05) is 52.9 Å². The van der Waals surface area contributed by atoms with Gasteiger partial charge in [0.25, 0.3) is 5.91 Å². The smallest absolute Gasteiger partial charge is 0.289 e. The number of aryl methyl sites for hydroxylation is 1. The minimum atomic E-state index is -0.0732. The van der Waals surface area contributed by atoms with Gasteiger partial charge in [0.2, 0.25) is 11.8 Å². The number of benzene rings is 1. The highest BCUT2D eigenvalue weighted by Crippen LogP contribution is 2.31. The normalized spacial score (nSPS) is 17.3. The molecule has 1 saturated heterocycles. The maximum absolute atomic E-state index is 13.1.